The lowest BCUT2D eigenvalue weighted by Gasteiger charge is -2.37. The number of nitrogens with two attached hydrogens (primary N) is 1. The van der Waals surface area contributed by atoms with Gasteiger partial charge in [0.1, 0.15) is 0 Å². The SMILES string of the molecule is NNC(C1CCCOC1)C1OCCc2ccccc21. The second kappa shape index (κ2) is 6.01. The number of hydrogen-bond donors (Lipinski definition) is 2. The first kappa shape index (κ1) is 13.1. The summed E-state index contributed by atoms with van der Waals surface area (Å²) in [5, 5.41) is 0. The van der Waals surface area contributed by atoms with E-state index in [1.807, 2.05) is 0 Å². The van der Waals surface area contributed by atoms with Crippen LogP contribution in [-0.2, 0) is 15.9 Å². The molecule has 0 amide bonds. The summed E-state index contributed by atoms with van der Waals surface area (Å²) in [6, 6.07) is 8.64. The molecule has 1 saturated heterocycles. The normalized spacial score (nSPS) is 28.7. The lowest BCUT2D eigenvalue weighted by atomic mass is 9.84. The third-order valence-corrected chi connectivity index (χ3v) is 4.25. The lowest BCUT2D eigenvalue weighted by Crippen LogP contribution is -2.49. The summed E-state index contributed by atoms with van der Waals surface area (Å²) >= 11 is 0. The molecule has 1 fully saturated rings. The Balaban J connectivity index is 1.83. The van der Waals surface area contributed by atoms with Crippen molar-refractivity contribution in [2.75, 3.05) is 19.8 Å². The minimum atomic E-state index is 0.0432. The largest absolute Gasteiger partial charge is 0.381 e. The molecule has 104 valence electrons. The molecule has 0 aliphatic carbocycles. The number of rotatable bonds is 3. The van der Waals surface area contributed by atoms with Gasteiger partial charge >= 0.3 is 0 Å². The molecule has 3 rings (SSSR count). The van der Waals surface area contributed by atoms with Gasteiger partial charge in [-0.2, -0.15) is 0 Å². The molecule has 0 bridgehead atoms. The molecule has 0 aromatic heterocycles. The van der Waals surface area contributed by atoms with Crippen molar-refractivity contribution >= 4 is 0 Å². The molecule has 2 heterocycles. The Morgan fingerprint density at radius 1 is 1.26 bits per heavy atom. The molecule has 1 aromatic carbocycles. The topological polar surface area (TPSA) is 56.5 Å². The van der Waals surface area contributed by atoms with Crippen LogP contribution in [0.4, 0.5) is 0 Å². The van der Waals surface area contributed by atoms with Crippen LogP contribution in [0.15, 0.2) is 24.3 Å². The van der Waals surface area contributed by atoms with E-state index in [9.17, 15) is 0 Å². The van der Waals surface area contributed by atoms with Crippen molar-refractivity contribution < 1.29 is 9.47 Å². The molecule has 3 N–H and O–H groups in total. The van der Waals surface area contributed by atoms with Crippen LogP contribution in [-0.4, -0.2) is 25.9 Å². The first-order valence-corrected chi connectivity index (χ1v) is 7.13. The minimum absolute atomic E-state index is 0.0432. The summed E-state index contributed by atoms with van der Waals surface area (Å²) in [7, 11) is 0. The van der Waals surface area contributed by atoms with E-state index < -0.39 is 0 Å². The highest BCUT2D eigenvalue weighted by atomic mass is 16.5. The predicted molar refractivity (Wildman–Crippen MR) is 73.5 cm³/mol. The maximum absolute atomic E-state index is 6.01. The first-order chi connectivity index (χ1) is 9.40. The quantitative estimate of drug-likeness (QED) is 0.641. The maximum atomic E-state index is 6.01. The van der Waals surface area contributed by atoms with Crippen LogP contribution >= 0.6 is 0 Å². The van der Waals surface area contributed by atoms with Crippen LogP contribution in [0.1, 0.15) is 30.1 Å². The van der Waals surface area contributed by atoms with Gasteiger partial charge in [0.25, 0.3) is 0 Å². The van der Waals surface area contributed by atoms with Gasteiger partial charge < -0.3 is 9.47 Å². The molecule has 3 unspecified atom stereocenters. The van der Waals surface area contributed by atoms with Gasteiger partial charge in [-0.3, -0.25) is 11.3 Å². The van der Waals surface area contributed by atoms with Crippen molar-refractivity contribution in [2.24, 2.45) is 11.8 Å². The zero-order chi connectivity index (χ0) is 13.1. The van der Waals surface area contributed by atoms with Crippen LogP contribution in [0.25, 0.3) is 0 Å². The van der Waals surface area contributed by atoms with Gasteiger partial charge in [0, 0.05) is 12.5 Å². The van der Waals surface area contributed by atoms with Gasteiger partial charge in [0.2, 0.25) is 0 Å². The Bertz CT molecular complexity index is 418. The van der Waals surface area contributed by atoms with Gasteiger partial charge in [0.15, 0.2) is 0 Å². The molecule has 0 spiro atoms. The molecular weight excluding hydrogens is 240 g/mol. The molecule has 2 aliphatic heterocycles. The van der Waals surface area contributed by atoms with Crippen LogP contribution in [0, 0.1) is 5.92 Å². The van der Waals surface area contributed by atoms with E-state index in [-0.39, 0.29) is 12.1 Å². The van der Waals surface area contributed by atoms with Crippen molar-refractivity contribution in [1.82, 2.24) is 5.43 Å². The molecule has 3 atom stereocenters. The fourth-order valence-electron chi connectivity index (χ4n) is 3.24. The van der Waals surface area contributed by atoms with Gasteiger partial charge in [0.05, 0.1) is 25.4 Å². The van der Waals surface area contributed by atoms with Gasteiger partial charge in [-0.25, -0.2) is 0 Å². The average molecular weight is 262 g/mol. The number of ether oxygens (including phenoxy) is 2. The number of hydrazine groups is 1. The van der Waals surface area contributed by atoms with Crippen molar-refractivity contribution in [3.63, 3.8) is 0 Å². The Labute approximate surface area is 114 Å². The fraction of sp³-hybridized carbons (Fsp3) is 0.600. The highest BCUT2D eigenvalue weighted by molar-refractivity contribution is 5.32. The molecule has 4 heteroatoms. The number of hydrogen-bond acceptors (Lipinski definition) is 4. The Morgan fingerprint density at radius 2 is 2.16 bits per heavy atom. The van der Waals surface area contributed by atoms with Crippen molar-refractivity contribution in [1.29, 1.82) is 0 Å². The monoisotopic (exact) mass is 262 g/mol. The van der Waals surface area contributed by atoms with E-state index >= 15 is 0 Å². The Hall–Kier alpha value is -0.940. The van der Waals surface area contributed by atoms with Gasteiger partial charge in [-0.05, 0) is 30.4 Å². The maximum Gasteiger partial charge on any atom is 0.0997 e. The fourth-order valence-corrected chi connectivity index (χ4v) is 3.24. The molecule has 19 heavy (non-hydrogen) atoms. The molecule has 0 radical (unpaired) electrons. The predicted octanol–water partition coefficient (Wildman–Crippen LogP) is 1.56. The molecule has 1 aromatic rings. The molecular formula is C15H22N2O2. The van der Waals surface area contributed by atoms with Crippen LogP contribution in [0.2, 0.25) is 0 Å². The number of fused-ring (bicyclic) bond motifs is 1. The third-order valence-electron chi connectivity index (χ3n) is 4.25. The van der Waals surface area contributed by atoms with Gasteiger partial charge in [-0.1, -0.05) is 24.3 Å². The highest BCUT2D eigenvalue weighted by Crippen LogP contribution is 2.34. The first-order valence-electron chi connectivity index (χ1n) is 7.13. The number of benzene rings is 1. The zero-order valence-corrected chi connectivity index (χ0v) is 11.2. The summed E-state index contributed by atoms with van der Waals surface area (Å²) < 4.78 is 11.6. The smallest absolute Gasteiger partial charge is 0.0997 e. The second-order valence-electron chi connectivity index (χ2n) is 5.41. The third kappa shape index (κ3) is 2.67. The summed E-state index contributed by atoms with van der Waals surface area (Å²) in [6.07, 6.45) is 3.29. The zero-order valence-electron chi connectivity index (χ0n) is 11.2. The van der Waals surface area contributed by atoms with E-state index in [4.69, 9.17) is 15.3 Å². The van der Waals surface area contributed by atoms with Crippen LogP contribution < -0.4 is 11.3 Å². The lowest BCUT2D eigenvalue weighted by molar-refractivity contribution is -0.0336. The van der Waals surface area contributed by atoms with Crippen molar-refractivity contribution in [3.8, 4) is 0 Å². The van der Waals surface area contributed by atoms with Gasteiger partial charge in [-0.15, -0.1) is 0 Å². The summed E-state index contributed by atoms with van der Waals surface area (Å²) in [6.45, 7) is 2.42. The van der Waals surface area contributed by atoms with E-state index in [2.05, 4.69) is 29.7 Å². The molecule has 0 saturated carbocycles. The average Bonchev–Trinajstić information content (AvgIpc) is 2.49. The second-order valence-corrected chi connectivity index (χ2v) is 5.41. The van der Waals surface area contributed by atoms with E-state index in [0.29, 0.717) is 5.92 Å². The summed E-state index contributed by atoms with van der Waals surface area (Å²) in [5.41, 5.74) is 5.64. The molecule has 2 aliphatic rings. The molecule has 4 nitrogen and oxygen atoms in total. The minimum Gasteiger partial charge on any atom is -0.381 e. The van der Waals surface area contributed by atoms with E-state index in [0.717, 1.165) is 39.1 Å². The van der Waals surface area contributed by atoms with Crippen LogP contribution in [0.5, 0.6) is 0 Å². The van der Waals surface area contributed by atoms with Crippen molar-refractivity contribution in [2.45, 2.75) is 31.4 Å². The summed E-state index contributed by atoms with van der Waals surface area (Å²) in [5.74, 6) is 6.23. The standard InChI is InChI=1S/C15H22N2O2/c16-17-14(12-5-3-8-18-10-12)15-13-6-2-1-4-11(13)7-9-19-15/h1-2,4,6,12,14-15,17H,3,5,7-10,16H2. The highest BCUT2D eigenvalue weighted by Gasteiger charge is 2.34. The van der Waals surface area contributed by atoms with Crippen LogP contribution in [0.3, 0.4) is 0 Å². The Morgan fingerprint density at radius 3 is 2.95 bits per heavy atom. The number of nitrogens with one attached hydrogen (secondary N) is 1. The van der Waals surface area contributed by atoms with Crippen molar-refractivity contribution in [3.05, 3.63) is 35.4 Å². The Kier molecular flexibility index (Phi) is 4.13. The van der Waals surface area contributed by atoms with E-state index in [1.54, 1.807) is 0 Å². The van der Waals surface area contributed by atoms with E-state index in [1.165, 1.54) is 11.1 Å². The summed E-state index contributed by atoms with van der Waals surface area (Å²) in [4.78, 5) is 0.